The summed E-state index contributed by atoms with van der Waals surface area (Å²) in [6.07, 6.45) is 0. The van der Waals surface area contributed by atoms with Crippen LogP contribution < -0.4 is 5.73 Å². The lowest BCUT2D eigenvalue weighted by Gasteiger charge is -2.17. The Morgan fingerprint density at radius 1 is 1.29 bits per heavy atom. The molecule has 0 spiro atoms. The monoisotopic (exact) mass is 253 g/mol. The molecule has 1 atom stereocenters. The van der Waals surface area contributed by atoms with Crippen molar-refractivity contribution >= 4 is 23.4 Å². The van der Waals surface area contributed by atoms with Gasteiger partial charge in [0.05, 0.1) is 5.92 Å². The molecule has 0 heterocycles. The lowest BCUT2D eigenvalue weighted by Crippen LogP contribution is -2.21. The number of hydrogen-bond donors (Lipinski definition) is 1. The van der Waals surface area contributed by atoms with E-state index in [1.807, 2.05) is 30.3 Å². The molecular formula is C12H15NO3S. The van der Waals surface area contributed by atoms with Gasteiger partial charge >= 0.3 is 5.97 Å². The van der Waals surface area contributed by atoms with E-state index >= 15 is 0 Å². The van der Waals surface area contributed by atoms with Crippen LogP contribution in [0.1, 0.15) is 18.4 Å². The summed E-state index contributed by atoms with van der Waals surface area (Å²) in [5.74, 6) is -0.386. The van der Waals surface area contributed by atoms with Crippen LogP contribution >= 0.6 is 12.2 Å². The first-order chi connectivity index (χ1) is 8.09. The van der Waals surface area contributed by atoms with Gasteiger partial charge in [0.15, 0.2) is 0 Å². The molecule has 0 saturated carbocycles. The minimum atomic E-state index is -0.318. The molecule has 0 radical (unpaired) electrons. The molecule has 1 rings (SSSR count). The van der Waals surface area contributed by atoms with E-state index in [4.69, 9.17) is 15.2 Å². The van der Waals surface area contributed by atoms with Gasteiger partial charge in [-0.3, -0.25) is 4.79 Å². The van der Waals surface area contributed by atoms with Gasteiger partial charge in [-0.2, -0.15) is 0 Å². The molecule has 0 saturated heterocycles. The number of carbonyl (C=O) groups is 1. The first-order valence-corrected chi connectivity index (χ1v) is 5.61. The molecule has 0 aliphatic heterocycles. The Bertz CT molecular complexity index is 363. The van der Waals surface area contributed by atoms with Crippen LogP contribution in [0.2, 0.25) is 0 Å². The molecule has 2 N–H and O–H groups in total. The summed E-state index contributed by atoms with van der Waals surface area (Å²) >= 11 is 4.65. The highest BCUT2D eigenvalue weighted by atomic mass is 32.1. The second kappa shape index (κ2) is 6.85. The lowest BCUT2D eigenvalue weighted by atomic mass is 10.0. The second-order valence-electron chi connectivity index (χ2n) is 3.54. The molecule has 1 unspecified atom stereocenters. The Kier molecular flexibility index (Phi) is 5.42. The van der Waals surface area contributed by atoms with Crippen LogP contribution in [-0.4, -0.2) is 24.4 Å². The van der Waals surface area contributed by atoms with Crippen LogP contribution in [-0.2, 0) is 14.3 Å². The average Bonchev–Trinajstić information content (AvgIpc) is 2.29. The highest BCUT2D eigenvalue weighted by molar-refractivity contribution is 7.80. The van der Waals surface area contributed by atoms with Crippen LogP contribution in [0.25, 0.3) is 0 Å². The summed E-state index contributed by atoms with van der Waals surface area (Å²) in [6.45, 7) is 1.92. The Hall–Kier alpha value is -1.62. The standard InChI is InChI=1S/C12H15NO3S/c1-9(14)15-7-11(8-16-12(13)17)10-5-3-2-4-6-10/h2-6,11H,7-8H2,1H3,(H2,13,17). The SMILES string of the molecule is CC(=O)OCC(COC(N)=S)c1ccccc1. The number of thiocarbonyl (C=S) groups is 1. The zero-order valence-electron chi connectivity index (χ0n) is 9.59. The van der Waals surface area contributed by atoms with Crippen LogP contribution in [0.5, 0.6) is 0 Å². The van der Waals surface area contributed by atoms with Gasteiger partial charge in [0.2, 0.25) is 0 Å². The molecule has 17 heavy (non-hydrogen) atoms. The molecule has 1 aromatic carbocycles. The third-order valence-corrected chi connectivity index (χ3v) is 2.30. The van der Waals surface area contributed by atoms with Crippen molar-refractivity contribution in [2.24, 2.45) is 5.73 Å². The van der Waals surface area contributed by atoms with Crippen LogP contribution in [0.3, 0.4) is 0 Å². The summed E-state index contributed by atoms with van der Waals surface area (Å²) in [5, 5.41) is -0.00578. The summed E-state index contributed by atoms with van der Waals surface area (Å²) in [4.78, 5) is 10.8. The fraction of sp³-hybridized carbons (Fsp3) is 0.333. The van der Waals surface area contributed by atoms with Gasteiger partial charge in [0, 0.05) is 6.92 Å². The number of nitrogens with two attached hydrogens (primary N) is 1. The maximum atomic E-state index is 10.8. The molecule has 0 bridgehead atoms. The van der Waals surface area contributed by atoms with E-state index in [1.165, 1.54) is 6.92 Å². The minimum absolute atomic E-state index is 0.00578. The van der Waals surface area contributed by atoms with Crippen LogP contribution in [0.15, 0.2) is 30.3 Å². The highest BCUT2D eigenvalue weighted by Crippen LogP contribution is 2.16. The van der Waals surface area contributed by atoms with Crippen molar-refractivity contribution in [3.05, 3.63) is 35.9 Å². The van der Waals surface area contributed by atoms with Crippen molar-refractivity contribution in [2.75, 3.05) is 13.2 Å². The first kappa shape index (κ1) is 13.4. The van der Waals surface area contributed by atoms with Gasteiger partial charge in [0.1, 0.15) is 13.2 Å². The van der Waals surface area contributed by atoms with Crippen LogP contribution in [0, 0.1) is 0 Å². The first-order valence-electron chi connectivity index (χ1n) is 5.20. The maximum Gasteiger partial charge on any atom is 0.302 e. The zero-order chi connectivity index (χ0) is 12.7. The lowest BCUT2D eigenvalue weighted by molar-refractivity contribution is -0.141. The van der Waals surface area contributed by atoms with Gasteiger partial charge < -0.3 is 15.2 Å². The fourth-order valence-electron chi connectivity index (χ4n) is 1.37. The molecule has 0 fully saturated rings. The summed E-state index contributed by atoms with van der Waals surface area (Å²) in [7, 11) is 0. The average molecular weight is 253 g/mol. The normalized spacial score (nSPS) is 11.6. The van der Waals surface area contributed by atoms with Crippen molar-refractivity contribution in [1.29, 1.82) is 0 Å². The van der Waals surface area contributed by atoms with E-state index in [1.54, 1.807) is 0 Å². The van der Waals surface area contributed by atoms with E-state index in [0.717, 1.165) is 5.56 Å². The third-order valence-electron chi connectivity index (χ3n) is 2.19. The number of rotatable bonds is 5. The number of carbonyl (C=O) groups excluding carboxylic acids is 1. The molecule has 0 amide bonds. The predicted octanol–water partition coefficient (Wildman–Crippen LogP) is 1.59. The van der Waals surface area contributed by atoms with Crippen molar-refractivity contribution in [1.82, 2.24) is 0 Å². The van der Waals surface area contributed by atoms with E-state index in [-0.39, 0.29) is 23.7 Å². The zero-order valence-corrected chi connectivity index (χ0v) is 10.4. The summed E-state index contributed by atoms with van der Waals surface area (Å²) in [5.41, 5.74) is 6.29. The number of ether oxygens (including phenoxy) is 2. The van der Waals surface area contributed by atoms with E-state index < -0.39 is 0 Å². The van der Waals surface area contributed by atoms with Crippen molar-refractivity contribution in [2.45, 2.75) is 12.8 Å². The van der Waals surface area contributed by atoms with Crippen molar-refractivity contribution < 1.29 is 14.3 Å². The Morgan fingerprint density at radius 3 is 2.41 bits per heavy atom. The fourth-order valence-corrected chi connectivity index (χ4v) is 1.43. The van der Waals surface area contributed by atoms with Crippen molar-refractivity contribution in [3.63, 3.8) is 0 Å². The molecule has 0 aliphatic rings. The molecule has 5 heteroatoms. The van der Waals surface area contributed by atoms with Gasteiger partial charge in [-0.1, -0.05) is 30.3 Å². The number of benzene rings is 1. The van der Waals surface area contributed by atoms with E-state index in [9.17, 15) is 4.79 Å². The smallest absolute Gasteiger partial charge is 0.302 e. The quantitative estimate of drug-likeness (QED) is 0.638. The highest BCUT2D eigenvalue weighted by Gasteiger charge is 2.14. The largest absolute Gasteiger partial charge is 0.470 e. The molecular weight excluding hydrogens is 238 g/mol. The number of hydrogen-bond acceptors (Lipinski definition) is 4. The molecule has 1 aromatic rings. The topological polar surface area (TPSA) is 61.5 Å². The Labute approximate surface area is 106 Å². The van der Waals surface area contributed by atoms with E-state index in [0.29, 0.717) is 6.61 Å². The van der Waals surface area contributed by atoms with E-state index in [2.05, 4.69) is 12.2 Å². The molecule has 0 aliphatic carbocycles. The van der Waals surface area contributed by atoms with Crippen LogP contribution in [0.4, 0.5) is 0 Å². The van der Waals surface area contributed by atoms with Gasteiger partial charge in [0.25, 0.3) is 5.17 Å². The van der Waals surface area contributed by atoms with Gasteiger partial charge in [-0.05, 0) is 17.8 Å². The Balaban J connectivity index is 2.64. The summed E-state index contributed by atoms with van der Waals surface area (Å²) in [6, 6.07) is 9.63. The van der Waals surface area contributed by atoms with Gasteiger partial charge in [-0.15, -0.1) is 0 Å². The number of esters is 1. The summed E-state index contributed by atoms with van der Waals surface area (Å²) < 4.78 is 10.1. The predicted molar refractivity (Wildman–Crippen MR) is 68.6 cm³/mol. The molecule has 0 aromatic heterocycles. The molecule has 4 nitrogen and oxygen atoms in total. The third kappa shape index (κ3) is 5.31. The molecule has 92 valence electrons. The maximum absolute atomic E-state index is 10.8. The van der Waals surface area contributed by atoms with Gasteiger partial charge in [-0.25, -0.2) is 0 Å². The van der Waals surface area contributed by atoms with Crippen molar-refractivity contribution in [3.8, 4) is 0 Å². The Morgan fingerprint density at radius 2 is 1.88 bits per heavy atom. The second-order valence-corrected chi connectivity index (χ2v) is 3.94. The minimum Gasteiger partial charge on any atom is -0.470 e.